The fourth-order valence-corrected chi connectivity index (χ4v) is 2.29. The summed E-state index contributed by atoms with van der Waals surface area (Å²) in [5, 5.41) is 3.45. The smallest absolute Gasteiger partial charge is 0.0944 e. The zero-order chi connectivity index (χ0) is 12.1. The molecule has 0 amide bonds. The first kappa shape index (κ1) is 18.2. The first-order chi connectivity index (χ1) is 8.25. The van der Waals surface area contributed by atoms with Crippen LogP contribution in [0.3, 0.4) is 0 Å². The van der Waals surface area contributed by atoms with Crippen LogP contribution in [0.4, 0.5) is 0 Å². The Hall–Kier alpha value is -0.770. The molecule has 0 saturated heterocycles. The molecule has 1 heterocycles. The summed E-state index contributed by atoms with van der Waals surface area (Å²) in [7, 11) is 0. The quantitative estimate of drug-likeness (QED) is 0.822. The van der Waals surface area contributed by atoms with E-state index >= 15 is 0 Å². The lowest BCUT2D eigenvalue weighted by Gasteiger charge is -2.13. The van der Waals surface area contributed by atoms with Crippen molar-refractivity contribution in [1.29, 1.82) is 0 Å². The summed E-state index contributed by atoms with van der Waals surface area (Å²) >= 11 is 0. The van der Waals surface area contributed by atoms with E-state index in [0.29, 0.717) is 12.0 Å². The number of nitrogens with two attached hydrogens (primary N) is 1. The van der Waals surface area contributed by atoms with E-state index < -0.39 is 0 Å². The van der Waals surface area contributed by atoms with Crippen molar-refractivity contribution in [2.75, 3.05) is 6.54 Å². The molecule has 3 nitrogen and oxygen atoms in total. The molecule has 0 aliphatic carbocycles. The number of rotatable bonds is 5. The molecule has 2 rings (SSSR count). The third-order valence-electron chi connectivity index (χ3n) is 3.31. The van der Waals surface area contributed by atoms with Crippen molar-refractivity contribution in [2.45, 2.75) is 32.4 Å². The number of amidine groups is 1. The Kier molecular flexibility index (Phi) is 8.81. The van der Waals surface area contributed by atoms with Gasteiger partial charge in [-0.15, -0.1) is 24.8 Å². The Morgan fingerprint density at radius 1 is 1.26 bits per heavy atom. The molecule has 0 radical (unpaired) electrons. The fraction of sp³-hybridized carbons (Fsp3) is 0.500. The molecular weight excluding hydrogens is 281 g/mol. The summed E-state index contributed by atoms with van der Waals surface area (Å²) in [6.45, 7) is 4.16. The third kappa shape index (κ3) is 5.81. The van der Waals surface area contributed by atoms with Crippen LogP contribution in [-0.4, -0.2) is 18.4 Å². The molecule has 1 aliphatic rings. The number of nitrogens with zero attached hydrogens (tertiary/aromatic N) is 1. The lowest BCUT2D eigenvalue weighted by molar-refractivity contribution is 0.460. The first-order valence-corrected chi connectivity index (χ1v) is 6.32. The molecule has 0 saturated carbocycles. The van der Waals surface area contributed by atoms with Crippen LogP contribution >= 0.6 is 24.8 Å². The van der Waals surface area contributed by atoms with Crippen molar-refractivity contribution >= 4 is 30.6 Å². The van der Waals surface area contributed by atoms with Gasteiger partial charge in [0.05, 0.1) is 11.9 Å². The maximum absolute atomic E-state index is 5.74. The minimum atomic E-state index is 0. The summed E-state index contributed by atoms with van der Waals surface area (Å²) in [5.74, 6) is 1.43. The number of halogens is 2. The van der Waals surface area contributed by atoms with E-state index in [-0.39, 0.29) is 24.8 Å². The van der Waals surface area contributed by atoms with E-state index in [1.54, 1.807) is 0 Å². The number of benzene rings is 1. The van der Waals surface area contributed by atoms with Crippen molar-refractivity contribution in [3.05, 3.63) is 35.9 Å². The molecule has 2 atom stereocenters. The average molecular weight is 304 g/mol. The van der Waals surface area contributed by atoms with Gasteiger partial charge in [-0.3, -0.25) is 4.99 Å². The van der Waals surface area contributed by atoms with Gasteiger partial charge in [-0.05, 0) is 24.4 Å². The van der Waals surface area contributed by atoms with E-state index in [9.17, 15) is 0 Å². The molecule has 3 N–H and O–H groups in total. The van der Waals surface area contributed by atoms with Crippen LogP contribution in [0.1, 0.15) is 25.3 Å². The largest absolute Gasteiger partial charge is 0.387 e. The Balaban J connectivity index is 0.00000162. The Labute approximate surface area is 127 Å². The molecule has 108 valence electrons. The van der Waals surface area contributed by atoms with E-state index in [1.807, 2.05) is 6.07 Å². The minimum absolute atomic E-state index is 0. The highest BCUT2D eigenvalue weighted by atomic mass is 35.5. The second-order valence-corrected chi connectivity index (χ2v) is 4.82. The summed E-state index contributed by atoms with van der Waals surface area (Å²) in [4.78, 5) is 4.47. The summed E-state index contributed by atoms with van der Waals surface area (Å²) < 4.78 is 0. The topological polar surface area (TPSA) is 50.4 Å². The number of aliphatic imine (C=N–C) groups is 1. The van der Waals surface area contributed by atoms with E-state index in [0.717, 1.165) is 31.8 Å². The number of hydrogen-bond acceptors (Lipinski definition) is 3. The van der Waals surface area contributed by atoms with Crippen LogP contribution in [0.15, 0.2) is 35.3 Å². The van der Waals surface area contributed by atoms with Crippen molar-refractivity contribution in [3.8, 4) is 0 Å². The van der Waals surface area contributed by atoms with Gasteiger partial charge in [-0.25, -0.2) is 0 Å². The average Bonchev–Trinajstić information content (AvgIpc) is 2.65. The highest BCUT2D eigenvalue weighted by molar-refractivity contribution is 5.85. The summed E-state index contributed by atoms with van der Waals surface area (Å²) in [6.07, 6.45) is 2.04. The standard InChI is InChI=1S/C14H21N3.2ClH/c1-11-9-14(15)17-13(11)7-8-16-10-12-5-3-2-4-6-12;;/h2-6,11,13,16H,7-10H2,1H3,(H2,15,17);2*1H. The van der Waals surface area contributed by atoms with Gasteiger partial charge in [0.25, 0.3) is 0 Å². The van der Waals surface area contributed by atoms with Gasteiger partial charge in [0.15, 0.2) is 0 Å². The van der Waals surface area contributed by atoms with Crippen LogP contribution in [-0.2, 0) is 6.54 Å². The highest BCUT2D eigenvalue weighted by Gasteiger charge is 2.23. The number of hydrogen-bond donors (Lipinski definition) is 2. The third-order valence-corrected chi connectivity index (χ3v) is 3.31. The Bertz CT molecular complexity index is 382. The maximum atomic E-state index is 5.74. The van der Waals surface area contributed by atoms with Crippen molar-refractivity contribution in [3.63, 3.8) is 0 Å². The predicted molar refractivity (Wildman–Crippen MR) is 86.5 cm³/mol. The molecule has 19 heavy (non-hydrogen) atoms. The zero-order valence-electron chi connectivity index (χ0n) is 11.2. The predicted octanol–water partition coefficient (Wildman–Crippen LogP) is 2.78. The monoisotopic (exact) mass is 303 g/mol. The molecule has 0 aromatic heterocycles. The first-order valence-electron chi connectivity index (χ1n) is 6.32. The van der Waals surface area contributed by atoms with E-state index in [4.69, 9.17) is 5.73 Å². The molecule has 1 aromatic carbocycles. The molecular formula is C14H23Cl2N3. The summed E-state index contributed by atoms with van der Waals surface area (Å²) in [5.41, 5.74) is 7.07. The lowest BCUT2D eigenvalue weighted by Crippen LogP contribution is -2.21. The fourth-order valence-electron chi connectivity index (χ4n) is 2.29. The van der Waals surface area contributed by atoms with Crippen LogP contribution in [0.25, 0.3) is 0 Å². The lowest BCUT2D eigenvalue weighted by atomic mass is 9.99. The second kappa shape index (κ2) is 9.18. The van der Waals surface area contributed by atoms with Crippen molar-refractivity contribution in [2.24, 2.45) is 16.6 Å². The van der Waals surface area contributed by atoms with Gasteiger partial charge in [-0.1, -0.05) is 37.3 Å². The molecule has 1 aromatic rings. The van der Waals surface area contributed by atoms with Crippen LogP contribution < -0.4 is 11.1 Å². The minimum Gasteiger partial charge on any atom is -0.387 e. The van der Waals surface area contributed by atoms with E-state index in [2.05, 4.69) is 41.5 Å². The van der Waals surface area contributed by atoms with Gasteiger partial charge in [0.1, 0.15) is 0 Å². The highest BCUT2D eigenvalue weighted by Crippen LogP contribution is 2.21. The zero-order valence-corrected chi connectivity index (χ0v) is 12.8. The van der Waals surface area contributed by atoms with E-state index in [1.165, 1.54) is 5.56 Å². The van der Waals surface area contributed by atoms with Crippen LogP contribution in [0.5, 0.6) is 0 Å². The SMILES string of the molecule is CC1CC(N)=NC1CCNCc1ccccc1.Cl.Cl. The molecule has 0 bridgehead atoms. The van der Waals surface area contributed by atoms with Gasteiger partial charge < -0.3 is 11.1 Å². The normalized spacial score (nSPS) is 21.2. The van der Waals surface area contributed by atoms with Crippen LogP contribution in [0.2, 0.25) is 0 Å². The van der Waals surface area contributed by atoms with Gasteiger partial charge in [0, 0.05) is 13.0 Å². The molecule has 1 aliphatic heterocycles. The van der Waals surface area contributed by atoms with Crippen molar-refractivity contribution < 1.29 is 0 Å². The second-order valence-electron chi connectivity index (χ2n) is 4.82. The van der Waals surface area contributed by atoms with Gasteiger partial charge >= 0.3 is 0 Å². The van der Waals surface area contributed by atoms with Gasteiger partial charge in [-0.2, -0.15) is 0 Å². The Morgan fingerprint density at radius 3 is 2.53 bits per heavy atom. The van der Waals surface area contributed by atoms with Crippen molar-refractivity contribution in [1.82, 2.24) is 5.32 Å². The number of nitrogens with one attached hydrogen (secondary N) is 1. The molecule has 0 fully saturated rings. The maximum Gasteiger partial charge on any atom is 0.0944 e. The Morgan fingerprint density at radius 2 is 1.95 bits per heavy atom. The molecule has 5 heteroatoms. The van der Waals surface area contributed by atoms with Gasteiger partial charge in [0.2, 0.25) is 0 Å². The summed E-state index contributed by atoms with van der Waals surface area (Å²) in [6, 6.07) is 10.9. The molecule has 2 unspecified atom stereocenters. The van der Waals surface area contributed by atoms with Crippen LogP contribution in [0, 0.1) is 5.92 Å². The molecule has 0 spiro atoms.